The van der Waals surface area contributed by atoms with Gasteiger partial charge in [-0.15, -0.1) is 0 Å². The molecule has 0 saturated heterocycles. The number of aryl methyl sites for hydroxylation is 1. The van der Waals surface area contributed by atoms with Crippen molar-refractivity contribution in [2.45, 2.75) is 26.7 Å². The zero-order valence-electron chi connectivity index (χ0n) is 10.6. The molecule has 0 saturated carbocycles. The summed E-state index contributed by atoms with van der Waals surface area (Å²) in [6.45, 7) is 5.25. The molecular formula is C14H16ClIN2. The molecule has 1 heterocycles. The Morgan fingerprint density at radius 2 is 2.06 bits per heavy atom. The van der Waals surface area contributed by atoms with Gasteiger partial charge in [-0.3, -0.25) is 4.98 Å². The van der Waals surface area contributed by atoms with E-state index in [4.69, 9.17) is 16.6 Å². The second-order valence-electron chi connectivity index (χ2n) is 4.23. The fourth-order valence-corrected chi connectivity index (χ4v) is 3.04. The molecular weight excluding hydrogens is 359 g/mol. The molecule has 0 radical (unpaired) electrons. The predicted molar refractivity (Wildman–Crippen MR) is 87.6 cm³/mol. The maximum Gasteiger partial charge on any atom is 0.0860 e. The van der Waals surface area contributed by atoms with E-state index in [1.807, 2.05) is 12.1 Å². The summed E-state index contributed by atoms with van der Waals surface area (Å²) in [6.07, 6.45) is 2.04. The minimum absolute atomic E-state index is 0.762. The molecule has 1 N–H and O–H groups in total. The lowest BCUT2D eigenvalue weighted by atomic mass is 10.1. The molecule has 1 aromatic heterocycles. The molecule has 0 fully saturated rings. The van der Waals surface area contributed by atoms with Crippen LogP contribution in [0.5, 0.6) is 0 Å². The van der Waals surface area contributed by atoms with Gasteiger partial charge < -0.3 is 5.32 Å². The van der Waals surface area contributed by atoms with Crippen LogP contribution in [-0.2, 0) is 6.42 Å². The van der Waals surface area contributed by atoms with Crippen molar-refractivity contribution in [3.05, 3.63) is 32.5 Å². The van der Waals surface area contributed by atoms with Crippen LogP contribution in [0.15, 0.2) is 18.2 Å². The first-order valence-electron chi connectivity index (χ1n) is 6.18. The van der Waals surface area contributed by atoms with Crippen LogP contribution >= 0.6 is 34.2 Å². The zero-order chi connectivity index (χ0) is 13.1. The summed E-state index contributed by atoms with van der Waals surface area (Å²) in [5.74, 6) is 0. The van der Waals surface area contributed by atoms with Crippen molar-refractivity contribution >= 4 is 50.8 Å². The van der Waals surface area contributed by atoms with Gasteiger partial charge in [-0.05, 0) is 53.6 Å². The average molecular weight is 375 g/mol. The summed E-state index contributed by atoms with van der Waals surface area (Å²) < 4.78 is 1.10. The standard InChI is InChI=1S/C14H16ClIN2/c1-3-5-17-13-8-10(4-2)18-14-11(13)6-9(15)7-12(14)16/h6-8H,3-5H2,1-2H3,(H,17,18). The molecule has 2 aromatic rings. The molecule has 0 bridgehead atoms. The summed E-state index contributed by atoms with van der Waals surface area (Å²) in [7, 11) is 0. The van der Waals surface area contributed by atoms with Crippen LogP contribution in [0.4, 0.5) is 5.69 Å². The van der Waals surface area contributed by atoms with Crippen molar-refractivity contribution in [2.24, 2.45) is 0 Å². The molecule has 0 aliphatic heterocycles. The molecule has 2 rings (SSSR count). The van der Waals surface area contributed by atoms with E-state index in [0.717, 1.165) is 50.3 Å². The van der Waals surface area contributed by atoms with Crippen LogP contribution < -0.4 is 5.32 Å². The van der Waals surface area contributed by atoms with Gasteiger partial charge in [0.25, 0.3) is 0 Å². The quantitative estimate of drug-likeness (QED) is 0.772. The summed E-state index contributed by atoms with van der Waals surface area (Å²) in [6, 6.07) is 6.08. The number of benzene rings is 1. The van der Waals surface area contributed by atoms with Crippen molar-refractivity contribution in [3.63, 3.8) is 0 Å². The number of pyridine rings is 1. The highest BCUT2D eigenvalue weighted by Gasteiger charge is 2.09. The maximum absolute atomic E-state index is 6.14. The second-order valence-corrected chi connectivity index (χ2v) is 5.82. The Balaban J connectivity index is 2.64. The third-order valence-corrected chi connectivity index (χ3v) is 3.85. The Bertz CT molecular complexity index is 569. The largest absolute Gasteiger partial charge is 0.384 e. The molecule has 96 valence electrons. The molecule has 4 heteroatoms. The molecule has 18 heavy (non-hydrogen) atoms. The van der Waals surface area contributed by atoms with Crippen molar-refractivity contribution in [3.8, 4) is 0 Å². The Morgan fingerprint density at radius 1 is 1.28 bits per heavy atom. The Morgan fingerprint density at radius 3 is 2.72 bits per heavy atom. The Hall–Kier alpha value is -0.550. The van der Waals surface area contributed by atoms with E-state index >= 15 is 0 Å². The van der Waals surface area contributed by atoms with Crippen molar-refractivity contribution < 1.29 is 0 Å². The zero-order valence-corrected chi connectivity index (χ0v) is 13.5. The van der Waals surface area contributed by atoms with Gasteiger partial charge >= 0.3 is 0 Å². The van der Waals surface area contributed by atoms with Gasteiger partial charge in [0.2, 0.25) is 0 Å². The van der Waals surface area contributed by atoms with Gasteiger partial charge in [0.15, 0.2) is 0 Å². The van der Waals surface area contributed by atoms with E-state index < -0.39 is 0 Å². The van der Waals surface area contributed by atoms with Crippen molar-refractivity contribution in [1.29, 1.82) is 0 Å². The van der Waals surface area contributed by atoms with E-state index in [0.29, 0.717) is 0 Å². The molecule has 2 nitrogen and oxygen atoms in total. The summed E-state index contributed by atoms with van der Waals surface area (Å²) in [4.78, 5) is 4.70. The average Bonchev–Trinajstić information content (AvgIpc) is 2.36. The monoisotopic (exact) mass is 374 g/mol. The van der Waals surface area contributed by atoms with Crippen LogP contribution in [0, 0.1) is 3.57 Å². The third-order valence-electron chi connectivity index (χ3n) is 2.81. The number of anilines is 1. The summed E-state index contributed by atoms with van der Waals surface area (Å²) >= 11 is 8.44. The van der Waals surface area contributed by atoms with E-state index in [9.17, 15) is 0 Å². The fraction of sp³-hybridized carbons (Fsp3) is 0.357. The van der Waals surface area contributed by atoms with Crippen LogP contribution in [-0.4, -0.2) is 11.5 Å². The SMILES string of the molecule is CCCNc1cc(CC)nc2c(I)cc(Cl)cc12. The van der Waals surface area contributed by atoms with Gasteiger partial charge in [-0.1, -0.05) is 25.4 Å². The van der Waals surface area contributed by atoms with Gasteiger partial charge in [0.05, 0.1) is 5.52 Å². The number of hydrogen-bond donors (Lipinski definition) is 1. The predicted octanol–water partition coefficient (Wildman–Crippen LogP) is 4.88. The van der Waals surface area contributed by atoms with Crippen LogP contribution in [0.3, 0.4) is 0 Å². The number of rotatable bonds is 4. The fourth-order valence-electron chi connectivity index (χ4n) is 1.89. The van der Waals surface area contributed by atoms with Gasteiger partial charge in [-0.25, -0.2) is 0 Å². The van der Waals surface area contributed by atoms with E-state index in [2.05, 4.69) is 47.8 Å². The first-order chi connectivity index (χ1) is 8.65. The highest BCUT2D eigenvalue weighted by molar-refractivity contribution is 14.1. The minimum atomic E-state index is 0.762. The molecule has 0 atom stereocenters. The van der Waals surface area contributed by atoms with Crippen LogP contribution in [0.2, 0.25) is 5.02 Å². The van der Waals surface area contributed by atoms with Gasteiger partial charge in [0, 0.05) is 31.9 Å². The second kappa shape index (κ2) is 6.06. The number of nitrogens with one attached hydrogen (secondary N) is 1. The van der Waals surface area contributed by atoms with Crippen LogP contribution in [0.25, 0.3) is 10.9 Å². The smallest absolute Gasteiger partial charge is 0.0860 e. The normalized spacial score (nSPS) is 10.9. The lowest BCUT2D eigenvalue weighted by molar-refractivity contribution is 0.977. The van der Waals surface area contributed by atoms with Crippen molar-refractivity contribution in [1.82, 2.24) is 4.98 Å². The van der Waals surface area contributed by atoms with E-state index in [1.54, 1.807) is 0 Å². The number of hydrogen-bond acceptors (Lipinski definition) is 2. The summed E-state index contributed by atoms with van der Waals surface area (Å²) in [5.41, 5.74) is 3.29. The third kappa shape index (κ3) is 2.88. The molecule has 0 aliphatic carbocycles. The number of nitrogens with zero attached hydrogens (tertiary/aromatic N) is 1. The molecule has 0 amide bonds. The topological polar surface area (TPSA) is 24.9 Å². The number of fused-ring (bicyclic) bond motifs is 1. The maximum atomic E-state index is 6.14. The summed E-state index contributed by atoms with van der Waals surface area (Å²) in [5, 5.41) is 5.33. The minimum Gasteiger partial charge on any atom is -0.384 e. The van der Waals surface area contributed by atoms with Crippen LogP contribution in [0.1, 0.15) is 26.0 Å². The highest BCUT2D eigenvalue weighted by Crippen LogP contribution is 2.30. The van der Waals surface area contributed by atoms with Gasteiger partial charge in [-0.2, -0.15) is 0 Å². The first-order valence-corrected chi connectivity index (χ1v) is 7.64. The number of halogens is 2. The molecule has 0 spiro atoms. The Labute approximate surface area is 126 Å². The molecule has 1 aromatic carbocycles. The van der Waals surface area contributed by atoms with E-state index in [-0.39, 0.29) is 0 Å². The highest BCUT2D eigenvalue weighted by atomic mass is 127. The van der Waals surface area contributed by atoms with Gasteiger partial charge in [0.1, 0.15) is 0 Å². The number of aromatic nitrogens is 1. The molecule has 0 aliphatic rings. The lowest BCUT2D eigenvalue weighted by Crippen LogP contribution is -2.03. The molecule has 0 unspecified atom stereocenters. The van der Waals surface area contributed by atoms with E-state index in [1.165, 1.54) is 0 Å². The first kappa shape index (κ1) is 13.9. The lowest BCUT2D eigenvalue weighted by Gasteiger charge is -2.12. The Kier molecular flexibility index (Phi) is 4.67. The van der Waals surface area contributed by atoms with Crippen molar-refractivity contribution in [2.75, 3.05) is 11.9 Å².